The van der Waals surface area contributed by atoms with Crippen molar-refractivity contribution in [1.29, 1.82) is 0 Å². The predicted molar refractivity (Wildman–Crippen MR) is 290 cm³/mol. The molecular formula is C66H56N4OPt-2. The first kappa shape index (κ1) is 24.4. The molecule has 0 saturated carbocycles. The van der Waals surface area contributed by atoms with Gasteiger partial charge in [0.2, 0.25) is 0 Å². The second kappa shape index (κ2) is 18.1. The smallest absolute Gasteiger partial charge is 0.268 e. The van der Waals surface area contributed by atoms with E-state index in [1.165, 1.54) is 15.2 Å². The van der Waals surface area contributed by atoms with Crippen molar-refractivity contribution in [2.45, 2.75) is 77.2 Å². The summed E-state index contributed by atoms with van der Waals surface area (Å²) in [6, 6.07) is 20.5. The molecule has 8 aromatic carbocycles. The van der Waals surface area contributed by atoms with Crippen molar-refractivity contribution >= 4 is 32.8 Å². The number of hydrogen-bond acceptors (Lipinski definition) is 2. The van der Waals surface area contributed by atoms with E-state index in [-0.39, 0.29) is 54.7 Å². The maximum absolute atomic E-state index is 10.1. The first-order valence-corrected chi connectivity index (χ1v) is 22.3. The van der Waals surface area contributed by atoms with Gasteiger partial charge in [-0.25, -0.2) is 4.98 Å². The predicted octanol–water partition coefficient (Wildman–Crippen LogP) is 16.2. The van der Waals surface area contributed by atoms with Gasteiger partial charge in [0.15, 0.2) is 0 Å². The van der Waals surface area contributed by atoms with Gasteiger partial charge < -0.3 is 13.9 Å². The van der Waals surface area contributed by atoms with E-state index in [1.54, 1.807) is 48.7 Å². The fraction of sp³-hybridized carbons (Fsp3) is 0.182. The third-order valence-electron chi connectivity index (χ3n) is 12.3. The SMILES string of the molecule is [2H]c1c([2H])c([2H])c(-c2cc(-c3c([2H])c([2H])c4c(c3[2H])C(C([2H])([2H])[2H])(C([2H])([2H])[2H])C([2H])([2H])C([2H])([2H])C4(C([2H])([2H])[2H])C([2H])([2H])[2H])cc(-c3c([2H])c([2H])c([2H])c([2H])c3[2H])c2-[n+]2[c-]n(-c3[c-]c(Oc4[c-]c5c(cc4)c4ccccc4n5-c4cc(C(C)(C)C)ccn4)ccc3)c3ccccc32)c([2H])c1[2H].[Pt]. The first-order chi connectivity index (χ1) is 46.3. The molecule has 12 rings (SSSR count). The second-order valence-corrected chi connectivity index (χ2v) is 18.0. The van der Waals surface area contributed by atoms with E-state index in [0.29, 0.717) is 11.3 Å². The van der Waals surface area contributed by atoms with Crippen LogP contribution in [0.1, 0.15) is 117 Å². The normalized spacial score (nSPS) is 22.0. The quantitative estimate of drug-likeness (QED) is 0.112. The van der Waals surface area contributed by atoms with Crippen LogP contribution in [-0.2, 0) is 37.3 Å². The van der Waals surface area contributed by atoms with Gasteiger partial charge in [0.25, 0.3) is 6.33 Å². The Morgan fingerprint density at radius 3 is 2.03 bits per heavy atom. The number of nitrogens with zero attached hydrogens (tertiary/aromatic N) is 4. The maximum atomic E-state index is 10.1. The molecule has 0 bridgehead atoms. The Balaban J connectivity index is 0.0000103. The van der Waals surface area contributed by atoms with E-state index in [9.17, 15) is 15.1 Å². The average molecular weight is 1150 g/mol. The van der Waals surface area contributed by atoms with Crippen molar-refractivity contribution in [1.82, 2.24) is 14.1 Å². The Labute approximate surface area is 478 Å². The van der Waals surface area contributed by atoms with Gasteiger partial charge >= 0.3 is 0 Å². The first-order valence-electron chi connectivity index (χ1n) is 36.8. The number of aromatic nitrogens is 4. The minimum absolute atomic E-state index is 0. The van der Waals surface area contributed by atoms with E-state index in [0.717, 1.165) is 34.0 Å². The van der Waals surface area contributed by atoms with Gasteiger partial charge in [-0.05, 0) is 120 Å². The van der Waals surface area contributed by atoms with Crippen LogP contribution >= 0.6 is 0 Å². The molecule has 0 aliphatic heterocycles. The molecule has 0 spiro atoms. The monoisotopic (exact) mass is 1140 g/mol. The number of para-hydroxylation sites is 3. The summed E-state index contributed by atoms with van der Waals surface area (Å²) in [7, 11) is 0. The van der Waals surface area contributed by atoms with Crippen LogP contribution in [0.15, 0.2) is 188 Å². The molecule has 3 aromatic heterocycles. The van der Waals surface area contributed by atoms with Crippen molar-refractivity contribution in [3.8, 4) is 62.1 Å². The van der Waals surface area contributed by atoms with Gasteiger partial charge in [0.1, 0.15) is 5.82 Å². The summed E-state index contributed by atoms with van der Waals surface area (Å²) in [5.41, 5.74) is -15.0. The summed E-state index contributed by atoms with van der Waals surface area (Å²) in [6.07, 6.45) is -4.45. The number of hydrogen-bond donors (Lipinski definition) is 0. The van der Waals surface area contributed by atoms with E-state index >= 15 is 0 Å². The standard InChI is InChI=1S/C66H56N4O.Pt/c1-64(2,3)48-33-36-67-62(40-48)70-58-26-15-14-25-52(58)53-31-30-51(42-61(53)70)71-50-24-18-23-49(41-50)68-43-69(60-28-17-16-27-59(60)68)63-54(44-19-10-8-11-20-44)37-47(38-55(63)45-21-12-9-13-22-45)46-29-32-56-57(39-46)66(6,7)35-34-65(56,4)5;/h8-33,36-40H,34-35H2,1-7H3;/q-2;/i4D3,5D3,6D3,7D3,8D,9D,10D,11D,12D,13D,19D,20D,21D,22D,29D,32D,34D2,35D2,39D;. The molecule has 3 heterocycles. The minimum Gasteiger partial charge on any atom is -0.510 e. The average Bonchev–Trinajstić information content (AvgIpc) is 1.08. The number of rotatable bonds is 8. The Morgan fingerprint density at radius 2 is 1.32 bits per heavy atom. The van der Waals surface area contributed by atoms with E-state index in [1.807, 2.05) is 47.0 Å². The zero-order valence-corrected chi connectivity index (χ0v) is 40.7. The molecule has 0 amide bonds. The molecule has 1 aliphatic carbocycles. The molecule has 0 radical (unpaired) electrons. The van der Waals surface area contributed by atoms with Crippen molar-refractivity contribution in [3.63, 3.8) is 0 Å². The molecule has 5 nitrogen and oxygen atoms in total. The zero-order chi connectivity index (χ0) is 73.5. The Bertz CT molecular complexity index is 5110. The van der Waals surface area contributed by atoms with Crippen LogP contribution in [0.2, 0.25) is 0 Å². The largest absolute Gasteiger partial charge is 0.510 e. The van der Waals surface area contributed by atoms with Crippen molar-refractivity contribution < 1.29 is 70.1 Å². The van der Waals surface area contributed by atoms with Crippen LogP contribution in [0.4, 0.5) is 0 Å². The van der Waals surface area contributed by atoms with Gasteiger partial charge in [-0.3, -0.25) is 4.57 Å². The molecule has 0 saturated heterocycles. The molecule has 72 heavy (non-hydrogen) atoms. The summed E-state index contributed by atoms with van der Waals surface area (Å²) in [5.74, 6) is 1.01. The molecule has 0 unspecified atom stereocenters. The van der Waals surface area contributed by atoms with Gasteiger partial charge in [0, 0.05) is 66.2 Å². The molecular weight excluding hydrogens is 1060 g/mol. The van der Waals surface area contributed by atoms with E-state index in [2.05, 4.69) is 39.2 Å². The molecule has 0 fully saturated rings. The second-order valence-electron chi connectivity index (χ2n) is 18.0. The Hall–Kier alpha value is -7.33. The molecule has 1 aliphatic rings. The van der Waals surface area contributed by atoms with Gasteiger partial charge in [0.05, 0.1) is 34.5 Å². The minimum atomic E-state index is -4.73. The zero-order valence-electron chi connectivity index (χ0n) is 67.4. The molecule has 11 aromatic rings. The van der Waals surface area contributed by atoms with E-state index in [4.69, 9.17) is 34.4 Å². The Morgan fingerprint density at radius 1 is 0.653 bits per heavy atom. The van der Waals surface area contributed by atoms with Gasteiger partial charge in [-0.1, -0.05) is 175 Å². The van der Waals surface area contributed by atoms with Crippen LogP contribution in [0.5, 0.6) is 11.5 Å². The van der Waals surface area contributed by atoms with Crippen LogP contribution < -0.4 is 9.30 Å². The number of fused-ring (bicyclic) bond motifs is 5. The number of benzene rings is 8. The fourth-order valence-corrected chi connectivity index (χ4v) is 8.92. The molecule has 358 valence electrons. The Kier molecular flexibility index (Phi) is 6.12. The third kappa shape index (κ3) is 8.28. The third-order valence-corrected chi connectivity index (χ3v) is 12.3. The molecule has 0 atom stereocenters. The van der Waals surface area contributed by atoms with Crippen LogP contribution in [0.3, 0.4) is 0 Å². The number of imidazole rings is 1. The van der Waals surface area contributed by atoms with Crippen molar-refractivity contribution in [2.75, 3.05) is 0 Å². The van der Waals surface area contributed by atoms with Crippen LogP contribution in [0, 0.1) is 18.5 Å². The fourth-order valence-electron chi connectivity index (χ4n) is 8.92. The van der Waals surface area contributed by atoms with Gasteiger partial charge in [-0.2, -0.15) is 18.2 Å². The number of pyridine rings is 1. The summed E-state index contributed by atoms with van der Waals surface area (Å²) < 4.78 is 276. The summed E-state index contributed by atoms with van der Waals surface area (Å²) in [6.45, 7) is -11.4. The summed E-state index contributed by atoms with van der Waals surface area (Å²) in [5, 5.41) is 1.77. The van der Waals surface area contributed by atoms with Crippen molar-refractivity contribution in [2.24, 2.45) is 0 Å². The molecule has 6 heteroatoms. The van der Waals surface area contributed by atoms with Gasteiger partial charge in [-0.15, -0.1) is 29.7 Å². The summed E-state index contributed by atoms with van der Waals surface area (Å²) in [4.78, 5) is 4.77. The maximum Gasteiger partial charge on any atom is 0.268 e. The van der Waals surface area contributed by atoms with Crippen LogP contribution in [-0.4, -0.2) is 14.1 Å². The van der Waals surface area contributed by atoms with Crippen molar-refractivity contribution in [3.05, 3.63) is 223 Å². The number of ether oxygens (including phenoxy) is 1. The van der Waals surface area contributed by atoms with Crippen LogP contribution in [0.25, 0.3) is 83.4 Å². The summed E-state index contributed by atoms with van der Waals surface area (Å²) >= 11 is 0. The molecule has 0 N–H and O–H groups in total. The van der Waals surface area contributed by atoms with E-state index < -0.39 is 180 Å². The topological polar surface area (TPSA) is 35.9 Å².